The summed E-state index contributed by atoms with van der Waals surface area (Å²) in [6.45, 7) is 1.37. The van der Waals surface area contributed by atoms with E-state index in [9.17, 15) is 13.6 Å². The second kappa shape index (κ2) is 6.26. The second-order valence-corrected chi connectivity index (χ2v) is 6.39. The zero-order valence-corrected chi connectivity index (χ0v) is 12.5. The maximum absolute atomic E-state index is 13.2. The number of halogens is 2. The molecule has 6 heteroatoms. The standard InChI is InChI=1S/C16H21F2N3O/c17-16(18)6-3-12(4-7-16)15(22)21-9-1-2-13(10-21)14-5-8-19-11-20-14/h5,8,11-13H,1-4,6-7,9-10H2/t13-/m1/s1. The number of nitrogens with zero attached hydrogens (tertiary/aromatic N) is 3. The topological polar surface area (TPSA) is 46.1 Å². The van der Waals surface area contributed by atoms with Gasteiger partial charge in [0.2, 0.25) is 11.8 Å². The van der Waals surface area contributed by atoms with Crippen LogP contribution in [0.5, 0.6) is 0 Å². The number of alkyl halides is 2. The van der Waals surface area contributed by atoms with Gasteiger partial charge in [-0.3, -0.25) is 4.79 Å². The van der Waals surface area contributed by atoms with Crippen LogP contribution in [-0.2, 0) is 4.79 Å². The summed E-state index contributed by atoms with van der Waals surface area (Å²) < 4.78 is 26.5. The van der Waals surface area contributed by atoms with Crippen molar-refractivity contribution < 1.29 is 13.6 Å². The third-order valence-corrected chi connectivity index (χ3v) is 4.82. The van der Waals surface area contributed by atoms with E-state index in [1.54, 1.807) is 6.20 Å². The molecule has 1 atom stereocenters. The Bertz CT molecular complexity index is 513. The summed E-state index contributed by atoms with van der Waals surface area (Å²) in [4.78, 5) is 22.6. The molecule has 2 heterocycles. The Kier molecular flexibility index (Phi) is 4.36. The number of likely N-dealkylation sites (tertiary alicyclic amines) is 1. The van der Waals surface area contributed by atoms with Gasteiger partial charge in [-0.1, -0.05) is 0 Å². The molecule has 2 aliphatic rings. The Hall–Kier alpha value is -1.59. The van der Waals surface area contributed by atoms with Crippen LogP contribution in [0.3, 0.4) is 0 Å². The van der Waals surface area contributed by atoms with Crippen molar-refractivity contribution in [1.29, 1.82) is 0 Å². The molecule has 0 unspecified atom stereocenters. The van der Waals surface area contributed by atoms with Gasteiger partial charge in [-0.15, -0.1) is 0 Å². The van der Waals surface area contributed by atoms with Crippen LogP contribution in [0, 0.1) is 5.92 Å². The third-order valence-electron chi connectivity index (χ3n) is 4.82. The summed E-state index contributed by atoms with van der Waals surface area (Å²) in [6, 6.07) is 1.89. The van der Waals surface area contributed by atoms with Gasteiger partial charge in [-0.2, -0.15) is 0 Å². The molecular weight excluding hydrogens is 288 g/mol. The molecular formula is C16H21F2N3O. The molecule has 0 radical (unpaired) electrons. The third kappa shape index (κ3) is 3.42. The van der Waals surface area contributed by atoms with Crippen LogP contribution >= 0.6 is 0 Å². The first-order valence-electron chi connectivity index (χ1n) is 7.98. The Labute approximate surface area is 128 Å². The van der Waals surface area contributed by atoms with Gasteiger partial charge in [0.25, 0.3) is 0 Å². The fraction of sp³-hybridized carbons (Fsp3) is 0.688. The molecule has 22 heavy (non-hydrogen) atoms. The first kappa shape index (κ1) is 15.3. The van der Waals surface area contributed by atoms with Crippen molar-refractivity contribution in [3.63, 3.8) is 0 Å². The number of carbonyl (C=O) groups is 1. The van der Waals surface area contributed by atoms with E-state index >= 15 is 0 Å². The number of amides is 1. The van der Waals surface area contributed by atoms with Crippen molar-refractivity contribution in [2.45, 2.75) is 50.4 Å². The van der Waals surface area contributed by atoms with Crippen molar-refractivity contribution in [2.24, 2.45) is 5.92 Å². The maximum Gasteiger partial charge on any atom is 0.248 e. The van der Waals surface area contributed by atoms with Gasteiger partial charge >= 0.3 is 0 Å². The van der Waals surface area contributed by atoms with Crippen LogP contribution in [0.25, 0.3) is 0 Å². The molecule has 1 saturated heterocycles. The lowest BCUT2D eigenvalue weighted by Gasteiger charge is -2.36. The molecule has 1 amide bonds. The van der Waals surface area contributed by atoms with Gasteiger partial charge in [0.15, 0.2) is 0 Å². The minimum atomic E-state index is -2.58. The fourth-order valence-electron chi connectivity index (χ4n) is 3.51. The molecule has 1 aromatic rings. The van der Waals surface area contributed by atoms with Crippen LogP contribution in [0.4, 0.5) is 8.78 Å². The zero-order valence-electron chi connectivity index (χ0n) is 12.5. The van der Waals surface area contributed by atoms with Gasteiger partial charge in [-0.05, 0) is 31.7 Å². The number of rotatable bonds is 2. The summed E-state index contributed by atoms with van der Waals surface area (Å²) >= 11 is 0. The quantitative estimate of drug-likeness (QED) is 0.843. The number of piperidine rings is 1. The average molecular weight is 309 g/mol. The SMILES string of the molecule is O=C(C1CCC(F)(F)CC1)N1CCC[C@@H](c2ccncn2)C1. The summed E-state index contributed by atoms with van der Waals surface area (Å²) in [5.74, 6) is -2.54. The van der Waals surface area contributed by atoms with Gasteiger partial charge in [0.05, 0.1) is 0 Å². The lowest BCUT2D eigenvalue weighted by atomic mass is 9.85. The van der Waals surface area contributed by atoms with Gasteiger partial charge < -0.3 is 4.90 Å². The fourth-order valence-corrected chi connectivity index (χ4v) is 3.51. The second-order valence-electron chi connectivity index (χ2n) is 6.39. The van der Waals surface area contributed by atoms with E-state index in [0.29, 0.717) is 19.4 Å². The van der Waals surface area contributed by atoms with Crippen molar-refractivity contribution in [3.8, 4) is 0 Å². The lowest BCUT2D eigenvalue weighted by Crippen LogP contribution is -2.44. The Balaban J connectivity index is 1.61. The maximum atomic E-state index is 13.2. The number of aromatic nitrogens is 2. The Morgan fingerprint density at radius 3 is 2.73 bits per heavy atom. The van der Waals surface area contributed by atoms with Gasteiger partial charge in [0.1, 0.15) is 6.33 Å². The Morgan fingerprint density at radius 2 is 2.05 bits per heavy atom. The summed E-state index contributed by atoms with van der Waals surface area (Å²) in [6.07, 6.45) is 5.47. The van der Waals surface area contributed by atoms with Crippen molar-refractivity contribution >= 4 is 5.91 Å². The van der Waals surface area contributed by atoms with E-state index in [1.807, 2.05) is 11.0 Å². The molecule has 3 rings (SSSR count). The molecule has 120 valence electrons. The first-order chi connectivity index (χ1) is 10.6. The van der Waals surface area contributed by atoms with Crippen LogP contribution in [-0.4, -0.2) is 39.8 Å². The molecule has 0 spiro atoms. The highest BCUT2D eigenvalue weighted by atomic mass is 19.3. The molecule has 4 nitrogen and oxygen atoms in total. The highest BCUT2D eigenvalue weighted by Crippen LogP contribution is 2.37. The van der Waals surface area contributed by atoms with Crippen LogP contribution in [0.1, 0.15) is 50.1 Å². The largest absolute Gasteiger partial charge is 0.342 e. The summed E-state index contributed by atoms with van der Waals surface area (Å²) in [5.41, 5.74) is 0.961. The molecule has 1 aromatic heterocycles. The minimum absolute atomic E-state index is 0.0502. The highest BCUT2D eigenvalue weighted by Gasteiger charge is 2.39. The van der Waals surface area contributed by atoms with Crippen molar-refractivity contribution in [3.05, 3.63) is 24.3 Å². The normalized spacial score (nSPS) is 25.9. The van der Waals surface area contributed by atoms with Gasteiger partial charge in [-0.25, -0.2) is 18.7 Å². The van der Waals surface area contributed by atoms with Gasteiger partial charge in [0, 0.05) is 49.7 Å². The molecule has 1 aliphatic carbocycles. The van der Waals surface area contributed by atoms with Crippen LogP contribution in [0.2, 0.25) is 0 Å². The predicted molar refractivity (Wildman–Crippen MR) is 77.5 cm³/mol. The van der Waals surface area contributed by atoms with E-state index in [0.717, 1.165) is 25.1 Å². The number of hydrogen-bond donors (Lipinski definition) is 0. The van der Waals surface area contributed by atoms with E-state index in [-0.39, 0.29) is 30.6 Å². The van der Waals surface area contributed by atoms with Crippen LogP contribution < -0.4 is 0 Å². The average Bonchev–Trinajstić information content (AvgIpc) is 2.55. The number of carbonyl (C=O) groups excluding carboxylic acids is 1. The number of hydrogen-bond acceptors (Lipinski definition) is 3. The lowest BCUT2D eigenvalue weighted by molar-refractivity contribution is -0.140. The van der Waals surface area contributed by atoms with E-state index in [1.165, 1.54) is 6.33 Å². The van der Waals surface area contributed by atoms with E-state index in [2.05, 4.69) is 9.97 Å². The van der Waals surface area contributed by atoms with E-state index < -0.39 is 5.92 Å². The Morgan fingerprint density at radius 1 is 1.27 bits per heavy atom. The molecule has 0 aromatic carbocycles. The summed E-state index contributed by atoms with van der Waals surface area (Å²) in [7, 11) is 0. The summed E-state index contributed by atoms with van der Waals surface area (Å²) in [5, 5.41) is 0. The highest BCUT2D eigenvalue weighted by molar-refractivity contribution is 5.79. The molecule has 1 saturated carbocycles. The van der Waals surface area contributed by atoms with E-state index in [4.69, 9.17) is 0 Å². The molecule has 1 aliphatic heterocycles. The zero-order chi connectivity index (χ0) is 15.6. The smallest absolute Gasteiger partial charge is 0.248 e. The first-order valence-corrected chi connectivity index (χ1v) is 7.98. The molecule has 0 N–H and O–H groups in total. The molecule has 0 bridgehead atoms. The van der Waals surface area contributed by atoms with Crippen molar-refractivity contribution in [1.82, 2.24) is 14.9 Å². The molecule has 2 fully saturated rings. The van der Waals surface area contributed by atoms with Crippen LogP contribution in [0.15, 0.2) is 18.6 Å². The van der Waals surface area contributed by atoms with Crippen molar-refractivity contribution in [2.75, 3.05) is 13.1 Å². The predicted octanol–water partition coefficient (Wildman–Crippen LogP) is 3.01. The monoisotopic (exact) mass is 309 g/mol. The minimum Gasteiger partial charge on any atom is -0.342 e.